The third kappa shape index (κ3) is 4.36. The van der Waals surface area contributed by atoms with E-state index >= 15 is 0 Å². The predicted octanol–water partition coefficient (Wildman–Crippen LogP) is 2.80. The van der Waals surface area contributed by atoms with Gasteiger partial charge in [0.1, 0.15) is 0 Å². The number of hydrogen-bond donors (Lipinski definition) is 0. The van der Waals surface area contributed by atoms with Crippen molar-refractivity contribution >= 4 is 11.7 Å². The van der Waals surface area contributed by atoms with Crippen LogP contribution in [-0.2, 0) is 4.79 Å². The predicted molar refractivity (Wildman–Crippen MR) is 102 cm³/mol. The van der Waals surface area contributed by atoms with E-state index in [0.717, 1.165) is 43.0 Å². The number of likely N-dealkylation sites (tertiary alicyclic amines) is 1. The maximum Gasteiger partial charge on any atom is 0.223 e. The highest BCUT2D eigenvalue weighted by atomic mass is 16.2. The third-order valence-electron chi connectivity index (χ3n) is 5.24. The van der Waals surface area contributed by atoms with Crippen LogP contribution in [0, 0.1) is 6.92 Å². The summed E-state index contributed by atoms with van der Waals surface area (Å²) in [6.07, 6.45) is 6.06. The lowest BCUT2D eigenvalue weighted by molar-refractivity contribution is -0.132. The van der Waals surface area contributed by atoms with Gasteiger partial charge in [-0.05, 0) is 49.4 Å². The van der Waals surface area contributed by atoms with Crippen molar-refractivity contribution in [3.63, 3.8) is 0 Å². The van der Waals surface area contributed by atoms with Crippen molar-refractivity contribution in [2.45, 2.75) is 45.1 Å². The molecule has 6 nitrogen and oxygen atoms in total. The van der Waals surface area contributed by atoms with Gasteiger partial charge in [0.2, 0.25) is 5.91 Å². The van der Waals surface area contributed by atoms with Crippen molar-refractivity contribution < 1.29 is 4.79 Å². The van der Waals surface area contributed by atoms with E-state index in [1.807, 2.05) is 42.3 Å². The molecular formula is C20H27N5O. The minimum atomic E-state index is 0.194. The Hall–Kier alpha value is -2.50. The van der Waals surface area contributed by atoms with Crippen LogP contribution < -0.4 is 4.90 Å². The molecule has 0 aliphatic carbocycles. The first-order valence-corrected chi connectivity index (χ1v) is 9.25. The minimum absolute atomic E-state index is 0.194. The van der Waals surface area contributed by atoms with Crippen molar-refractivity contribution in [3.8, 4) is 0 Å². The van der Waals surface area contributed by atoms with Gasteiger partial charge in [-0.3, -0.25) is 9.78 Å². The van der Waals surface area contributed by atoms with Gasteiger partial charge in [0, 0.05) is 45.0 Å². The van der Waals surface area contributed by atoms with Gasteiger partial charge >= 0.3 is 0 Å². The van der Waals surface area contributed by atoms with Gasteiger partial charge in [0.25, 0.3) is 0 Å². The van der Waals surface area contributed by atoms with Gasteiger partial charge in [-0.15, -0.1) is 5.10 Å². The van der Waals surface area contributed by atoms with Crippen molar-refractivity contribution in [2.24, 2.45) is 0 Å². The van der Waals surface area contributed by atoms with Gasteiger partial charge in [-0.25, -0.2) is 0 Å². The van der Waals surface area contributed by atoms with Crippen LogP contribution in [-0.4, -0.2) is 52.2 Å². The third-order valence-corrected chi connectivity index (χ3v) is 5.24. The summed E-state index contributed by atoms with van der Waals surface area (Å²) in [5.74, 6) is 1.32. The molecule has 0 bridgehead atoms. The number of nitrogens with zero attached hydrogens (tertiary/aromatic N) is 5. The van der Waals surface area contributed by atoms with Gasteiger partial charge in [0.05, 0.1) is 5.69 Å². The van der Waals surface area contributed by atoms with Crippen LogP contribution in [0.25, 0.3) is 0 Å². The highest BCUT2D eigenvalue weighted by Gasteiger charge is 2.26. The number of pyridine rings is 1. The van der Waals surface area contributed by atoms with Gasteiger partial charge in [-0.1, -0.05) is 13.0 Å². The Morgan fingerprint density at radius 2 is 2.04 bits per heavy atom. The van der Waals surface area contributed by atoms with E-state index in [1.165, 1.54) is 0 Å². The lowest BCUT2D eigenvalue weighted by Crippen LogP contribution is -2.46. The first-order chi connectivity index (χ1) is 12.5. The normalized spacial score (nSPS) is 16.3. The van der Waals surface area contributed by atoms with Crippen molar-refractivity contribution in [1.82, 2.24) is 20.1 Å². The van der Waals surface area contributed by atoms with Crippen molar-refractivity contribution in [3.05, 3.63) is 47.9 Å². The molecule has 1 aliphatic rings. The lowest BCUT2D eigenvalue weighted by atomic mass is 9.97. The average molecular weight is 353 g/mol. The number of piperidine rings is 1. The van der Waals surface area contributed by atoms with Crippen LogP contribution in [0.1, 0.15) is 43.4 Å². The van der Waals surface area contributed by atoms with Crippen LogP contribution in [0.4, 0.5) is 5.82 Å². The fourth-order valence-electron chi connectivity index (χ4n) is 3.45. The number of carbonyl (C=O) groups is 1. The van der Waals surface area contributed by atoms with E-state index in [0.29, 0.717) is 12.5 Å². The molecule has 0 radical (unpaired) electrons. The summed E-state index contributed by atoms with van der Waals surface area (Å²) in [5.41, 5.74) is 2.04. The molecule has 0 N–H and O–H groups in total. The summed E-state index contributed by atoms with van der Waals surface area (Å²) in [6, 6.07) is 8.35. The fourth-order valence-corrected chi connectivity index (χ4v) is 3.45. The second-order valence-corrected chi connectivity index (χ2v) is 7.15. The van der Waals surface area contributed by atoms with Crippen LogP contribution in [0.5, 0.6) is 0 Å². The van der Waals surface area contributed by atoms with Gasteiger partial charge in [-0.2, -0.15) is 5.10 Å². The Morgan fingerprint density at radius 1 is 1.27 bits per heavy atom. The average Bonchev–Trinajstić information content (AvgIpc) is 2.69. The summed E-state index contributed by atoms with van der Waals surface area (Å²) in [7, 11) is 2.06. The molecule has 1 aliphatic heterocycles. The summed E-state index contributed by atoms with van der Waals surface area (Å²) in [5, 5.41) is 8.41. The van der Waals surface area contributed by atoms with E-state index in [2.05, 4.69) is 34.1 Å². The molecule has 3 rings (SSSR count). The summed E-state index contributed by atoms with van der Waals surface area (Å²) in [4.78, 5) is 21.0. The largest absolute Gasteiger partial charge is 0.355 e. The maximum absolute atomic E-state index is 12.6. The molecule has 1 unspecified atom stereocenters. The number of rotatable bonds is 5. The Morgan fingerprint density at radius 3 is 2.65 bits per heavy atom. The number of aryl methyl sites for hydroxylation is 1. The number of carbonyl (C=O) groups excluding carboxylic acids is 1. The van der Waals surface area contributed by atoms with Crippen LogP contribution in [0.2, 0.25) is 0 Å². The molecule has 3 heterocycles. The van der Waals surface area contributed by atoms with Crippen LogP contribution in [0.15, 0.2) is 36.7 Å². The number of amides is 1. The quantitative estimate of drug-likeness (QED) is 0.827. The van der Waals surface area contributed by atoms with E-state index < -0.39 is 0 Å². The number of anilines is 1. The topological polar surface area (TPSA) is 62.2 Å². The van der Waals surface area contributed by atoms with E-state index in [9.17, 15) is 4.79 Å². The van der Waals surface area contributed by atoms with E-state index in [-0.39, 0.29) is 11.8 Å². The molecule has 138 valence electrons. The molecule has 0 saturated carbocycles. The van der Waals surface area contributed by atoms with Crippen molar-refractivity contribution in [1.29, 1.82) is 0 Å². The molecule has 26 heavy (non-hydrogen) atoms. The smallest absolute Gasteiger partial charge is 0.223 e. The summed E-state index contributed by atoms with van der Waals surface area (Å²) in [6.45, 7) is 5.62. The molecule has 0 spiro atoms. The molecule has 1 fully saturated rings. The Balaban J connectivity index is 1.51. The summed E-state index contributed by atoms with van der Waals surface area (Å²) >= 11 is 0. The fraction of sp³-hybridized carbons (Fsp3) is 0.500. The SMILES string of the molecule is Cc1ccc(N(C)C2CCN(C(=O)CC(C)c3cccnc3)CC2)nn1. The van der Waals surface area contributed by atoms with E-state index in [1.54, 1.807) is 6.20 Å². The van der Waals surface area contributed by atoms with Gasteiger partial charge in [0.15, 0.2) is 5.82 Å². The molecule has 0 aromatic carbocycles. The number of hydrogen-bond acceptors (Lipinski definition) is 5. The summed E-state index contributed by atoms with van der Waals surface area (Å²) < 4.78 is 0. The Kier molecular flexibility index (Phi) is 5.81. The first kappa shape index (κ1) is 18.3. The molecule has 1 atom stereocenters. The lowest BCUT2D eigenvalue weighted by Gasteiger charge is -2.37. The second kappa shape index (κ2) is 8.25. The Labute approximate surface area is 155 Å². The molecule has 2 aromatic rings. The standard InChI is InChI=1S/C20H27N5O/c1-15(17-5-4-10-21-14-17)13-20(26)25-11-8-18(9-12-25)24(3)19-7-6-16(2)22-23-19/h4-7,10,14-15,18H,8-9,11-13H2,1-3H3. The maximum atomic E-state index is 12.6. The first-order valence-electron chi connectivity index (χ1n) is 9.25. The minimum Gasteiger partial charge on any atom is -0.355 e. The molecule has 6 heteroatoms. The zero-order chi connectivity index (χ0) is 18.5. The van der Waals surface area contributed by atoms with Crippen LogP contribution >= 0.6 is 0 Å². The number of aromatic nitrogens is 3. The molecule has 1 amide bonds. The highest BCUT2D eigenvalue weighted by molar-refractivity contribution is 5.77. The second-order valence-electron chi connectivity index (χ2n) is 7.15. The van der Waals surface area contributed by atoms with Crippen LogP contribution in [0.3, 0.4) is 0 Å². The monoisotopic (exact) mass is 353 g/mol. The zero-order valence-corrected chi connectivity index (χ0v) is 15.8. The molecule has 1 saturated heterocycles. The molecule has 2 aromatic heterocycles. The highest BCUT2D eigenvalue weighted by Crippen LogP contribution is 2.23. The van der Waals surface area contributed by atoms with Gasteiger partial charge < -0.3 is 9.80 Å². The molecular weight excluding hydrogens is 326 g/mol. The Bertz CT molecular complexity index is 711. The van der Waals surface area contributed by atoms with Crippen molar-refractivity contribution in [2.75, 3.05) is 25.0 Å². The zero-order valence-electron chi connectivity index (χ0n) is 15.8. The van der Waals surface area contributed by atoms with E-state index in [4.69, 9.17) is 0 Å².